The molecular weight excluding hydrogens is 558 g/mol. The molecule has 2 amide bonds. The Morgan fingerprint density at radius 2 is 1.51 bits per heavy atom. The number of amides is 2. The quantitative estimate of drug-likeness (QED) is 0.279. The number of hydrogen-bond acceptors (Lipinski definition) is 4. The topological polar surface area (TPSA) is 86.8 Å². The number of rotatable bonds is 13. The van der Waals surface area contributed by atoms with Gasteiger partial charge in [0.15, 0.2) is 0 Å². The third kappa shape index (κ3) is 9.07. The molecule has 0 saturated heterocycles. The molecule has 1 unspecified atom stereocenters. The first-order valence-electron chi connectivity index (χ1n) is 14.1. The summed E-state index contributed by atoms with van der Waals surface area (Å²) in [6.07, 6.45) is 5.98. The van der Waals surface area contributed by atoms with Gasteiger partial charge in [0.25, 0.3) is 0 Å². The zero-order valence-electron chi connectivity index (χ0n) is 23.4. The van der Waals surface area contributed by atoms with Crippen LogP contribution in [-0.2, 0) is 32.6 Å². The summed E-state index contributed by atoms with van der Waals surface area (Å²) in [6.45, 7) is 0.390. The minimum atomic E-state index is -3.54. The molecule has 1 aliphatic carbocycles. The predicted octanol–water partition coefficient (Wildman–Crippen LogP) is 5.59. The molecule has 0 aliphatic heterocycles. The lowest BCUT2D eigenvalue weighted by atomic mass is 10.0. The van der Waals surface area contributed by atoms with E-state index in [1.54, 1.807) is 41.3 Å². The molecule has 1 atom stereocenters. The highest BCUT2D eigenvalue weighted by Crippen LogP contribution is 2.22. The van der Waals surface area contributed by atoms with E-state index >= 15 is 0 Å². The van der Waals surface area contributed by atoms with Gasteiger partial charge in [0.05, 0.1) is 11.9 Å². The number of halogens is 1. The van der Waals surface area contributed by atoms with Crippen LogP contribution in [0.4, 0.5) is 5.69 Å². The van der Waals surface area contributed by atoms with Gasteiger partial charge in [-0.25, -0.2) is 8.42 Å². The van der Waals surface area contributed by atoms with E-state index in [-0.39, 0.29) is 37.4 Å². The van der Waals surface area contributed by atoms with Crippen molar-refractivity contribution in [2.75, 3.05) is 17.1 Å². The number of hydrogen-bond donors (Lipinski definition) is 1. The van der Waals surface area contributed by atoms with Crippen LogP contribution in [0.2, 0.25) is 5.02 Å². The Bertz CT molecular complexity index is 1380. The maximum Gasteiger partial charge on any atom is 0.243 e. The van der Waals surface area contributed by atoms with Crippen molar-refractivity contribution in [3.63, 3.8) is 0 Å². The van der Waals surface area contributed by atoms with Crippen LogP contribution in [0, 0.1) is 0 Å². The van der Waals surface area contributed by atoms with Crippen molar-refractivity contribution in [3.8, 4) is 0 Å². The minimum absolute atomic E-state index is 0.0917. The number of anilines is 1. The highest BCUT2D eigenvalue weighted by atomic mass is 35.5. The molecule has 218 valence electrons. The van der Waals surface area contributed by atoms with E-state index < -0.39 is 16.1 Å². The zero-order valence-corrected chi connectivity index (χ0v) is 25.0. The maximum atomic E-state index is 13.9. The number of nitrogens with one attached hydrogen (secondary N) is 1. The van der Waals surface area contributed by atoms with Crippen LogP contribution in [0.25, 0.3) is 0 Å². The number of carbonyl (C=O) groups excluding carboxylic acids is 2. The summed E-state index contributed by atoms with van der Waals surface area (Å²) in [7, 11) is -3.54. The van der Waals surface area contributed by atoms with Gasteiger partial charge in [0.2, 0.25) is 21.8 Å². The van der Waals surface area contributed by atoms with Crippen LogP contribution >= 0.6 is 11.6 Å². The highest BCUT2D eigenvalue weighted by Gasteiger charge is 2.32. The fraction of sp³-hybridized carbons (Fsp3) is 0.375. The molecule has 7 nitrogen and oxygen atoms in total. The average Bonchev–Trinajstić information content (AvgIpc) is 3.47. The molecule has 1 N–H and O–H groups in total. The van der Waals surface area contributed by atoms with Gasteiger partial charge in [0, 0.05) is 37.0 Å². The summed E-state index contributed by atoms with van der Waals surface area (Å²) in [5, 5.41) is 3.79. The second-order valence-electron chi connectivity index (χ2n) is 10.6. The summed E-state index contributed by atoms with van der Waals surface area (Å²) in [5.74, 6) is -0.367. The van der Waals surface area contributed by atoms with Crippen molar-refractivity contribution in [1.29, 1.82) is 0 Å². The van der Waals surface area contributed by atoms with E-state index in [1.807, 2.05) is 48.5 Å². The molecule has 0 bridgehead atoms. The molecule has 9 heteroatoms. The van der Waals surface area contributed by atoms with E-state index in [1.165, 1.54) is 4.31 Å². The van der Waals surface area contributed by atoms with Crippen molar-refractivity contribution in [2.45, 2.75) is 63.6 Å². The number of carbonyl (C=O) groups is 2. The van der Waals surface area contributed by atoms with Crippen LogP contribution in [0.15, 0.2) is 84.9 Å². The van der Waals surface area contributed by atoms with Crippen molar-refractivity contribution < 1.29 is 18.0 Å². The maximum absolute atomic E-state index is 13.9. The molecule has 1 saturated carbocycles. The molecule has 0 spiro atoms. The van der Waals surface area contributed by atoms with Crippen molar-refractivity contribution in [3.05, 3.63) is 101 Å². The molecule has 1 aliphatic rings. The monoisotopic (exact) mass is 595 g/mol. The third-order valence-electron chi connectivity index (χ3n) is 7.44. The Kier molecular flexibility index (Phi) is 10.8. The Balaban J connectivity index is 1.57. The predicted molar refractivity (Wildman–Crippen MR) is 164 cm³/mol. The van der Waals surface area contributed by atoms with Gasteiger partial charge in [-0.15, -0.1) is 0 Å². The minimum Gasteiger partial charge on any atom is -0.352 e. The molecule has 0 radical (unpaired) electrons. The summed E-state index contributed by atoms with van der Waals surface area (Å²) in [6, 6.07) is 25.2. The lowest BCUT2D eigenvalue weighted by Gasteiger charge is -2.33. The Labute approximate surface area is 248 Å². The molecule has 0 aromatic heterocycles. The number of para-hydroxylation sites is 1. The van der Waals surface area contributed by atoms with Crippen LogP contribution in [0.5, 0.6) is 0 Å². The fourth-order valence-electron chi connectivity index (χ4n) is 5.31. The van der Waals surface area contributed by atoms with E-state index in [0.29, 0.717) is 23.6 Å². The first-order chi connectivity index (χ1) is 19.7. The molecule has 3 aromatic carbocycles. The number of sulfonamides is 1. The van der Waals surface area contributed by atoms with Gasteiger partial charge < -0.3 is 10.2 Å². The Hall–Kier alpha value is -3.36. The van der Waals surface area contributed by atoms with Crippen molar-refractivity contribution >= 4 is 39.1 Å². The fourth-order valence-corrected chi connectivity index (χ4v) is 6.40. The lowest BCUT2D eigenvalue weighted by molar-refractivity contribution is -0.141. The smallest absolute Gasteiger partial charge is 0.243 e. The Morgan fingerprint density at radius 3 is 2.12 bits per heavy atom. The molecule has 3 aromatic rings. The van der Waals surface area contributed by atoms with Crippen LogP contribution in [-0.4, -0.2) is 50.0 Å². The molecule has 1 fully saturated rings. The third-order valence-corrected chi connectivity index (χ3v) is 8.88. The molecule has 4 rings (SSSR count). The largest absolute Gasteiger partial charge is 0.352 e. The van der Waals surface area contributed by atoms with Gasteiger partial charge in [-0.1, -0.05) is 85.1 Å². The van der Waals surface area contributed by atoms with E-state index in [4.69, 9.17) is 11.6 Å². The van der Waals surface area contributed by atoms with Crippen LogP contribution in [0.1, 0.15) is 49.7 Å². The summed E-state index contributed by atoms with van der Waals surface area (Å²) in [4.78, 5) is 29.3. The first kappa shape index (κ1) is 30.6. The number of nitrogens with zero attached hydrogens (tertiary/aromatic N) is 2. The van der Waals surface area contributed by atoms with Gasteiger partial charge in [-0.2, -0.15) is 0 Å². The van der Waals surface area contributed by atoms with Crippen molar-refractivity contribution in [1.82, 2.24) is 10.2 Å². The molecule has 41 heavy (non-hydrogen) atoms. The number of benzene rings is 3. The summed E-state index contributed by atoms with van der Waals surface area (Å²) in [5.41, 5.74) is 2.37. The average molecular weight is 596 g/mol. The second kappa shape index (κ2) is 14.5. The van der Waals surface area contributed by atoms with E-state index in [2.05, 4.69) is 5.32 Å². The van der Waals surface area contributed by atoms with Crippen molar-refractivity contribution in [2.24, 2.45) is 0 Å². The van der Waals surface area contributed by atoms with Gasteiger partial charge in [-0.3, -0.25) is 13.9 Å². The van der Waals surface area contributed by atoms with E-state index in [0.717, 1.165) is 43.1 Å². The highest BCUT2D eigenvalue weighted by molar-refractivity contribution is 7.92. The SMILES string of the molecule is CS(=O)(=O)N(CCCC(=O)N(Cc1ccc(Cl)cc1)C(Cc1ccccc1)C(=O)NC1CCCC1)c1ccccc1. The van der Waals surface area contributed by atoms with Gasteiger partial charge >= 0.3 is 0 Å². The summed E-state index contributed by atoms with van der Waals surface area (Å²) < 4.78 is 26.4. The zero-order chi connectivity index (χ0) is 29.2. The Morgan fingerprint density at radius 1 is 0.902 bits per heavy atom. The standard InChI is InChI=1S/C32H38ClN3O4S/c1-41(39,40)36(29-15-6-3-7-16-29)22-10-17-31(37)35(24-26-18-20-27(33)21-19-26)30(23-25-11-4-2-5-12-25)32(38)34-28-13-8-9-14-28/h2-7,11-12,15-16,18-21,28,30H,8-10,13-14,17,22-24H2,1H3,(H,34,38). The summed E-state index contributed by atoms with van der Waals surface area (Å²) >= 11 is 6.11. The molecular formula is C32H38ClN3O4S. The van der Waals surface area contributed by atoms with E-state index in [9.17, 15) is 18.0 Å². The first-order valence-corrected chi connectivity index (χ1v) is 16.3. The second-order valence-corrected chi connectivity index (χ2v) is 13.0. The van der Waals surface area contributed by atoms with Gasteiger partial charge in [0.1, 0.15) is 6.04 Å². The lowest BCUT2D eigenvalue weighted by Crippen LogP contribution is -2.52. The normalized spacial score (nSPS) is 14.4. The molecule has 0 heterocycles. The van der Waals surface area contributed by atoms with Crippen LogP contribution < -0.4 is 9.62 Å². The van der Waals surface area contributed by atoms with Crippen LogP contribution in [0.3, 0.4) is 0 Å². The van der Waals surface area contributed by atoms with Gasteiger partial charge in [-0.05, 0) is 54.7 Å².